The first kappa shape index (κ1) is 6.47. The lowest BCUT2D eigenvalue weighted by atomic mass is 10.5. The predicted octanol–water partition coefficient (Wildman–Crippen LogP) is 1.42. The average Bonchev–Trinajstić information content (AvgIpc) is 1.61. The van der Waals surface area contributed by atoms with Gasteiger partial charge in [0, 0.05) is 6.21 Å². The molecule has 2 nitrogen and oxygen atoms in total. The number of oxime groups is 1. The molecule has 0 aliphatic heterocycles. The van der Waals surface area contributed by atoms with Crippen LogP contribution >= 0.6 is 0 Å². The zero-order chi connectivity index (χ0) is 5.70. The van der Waals surface area contributed by atoms with Crippen molar-refractivity contribution in [2.24, 2.45) is 5.16 Å². The summed E-state index contributed by atoms with van der Waals surface area (Å²) in [5.41, 5.74) is 0. The Balaban J connectivity index is 2.97. The van der Waals surface area contributed by atoms with Crippen molar-refractivity contribution in [1.29, 1.82) is 0 Å². The highest BCUT2D eigenvalue weighted by molar-refractivity contribution is 5.52. The summed E-state index contributed by atoms with van der Waals surface area (Å²) in [6.07, 6.45) is 1.83. The van der Waals surface area contributed by atoms with E-state index in [4.69, 9.17) is 4.84 Å². The molecule has 0 heterocycles. The molecule has 0 saturated carbocycles. The first-order chi connectivity index (χ1) is 3.27. The van der Waals surface area contributed by atoms with Crippen LogP contribution in [0.5, 0.6) is 0 Å². The van der Waals surface area contributed by atoms with Crippen LogP contribution in [0.2, 0.25) is 0 Å². The molecule has 0 fully saturated rings. The zero-order valence-electron chi connectivity index (χ0n) is 5.01. The minimum Gasteiger partial charge on any atom is -0.393 e. The van der Waals surface area contributed by atoms with Crippen molar-refractivity contribution in [3.05, 3.63) is 0 Å². The molecule has 0 rings (SSSR count). The molecule has 0 amide bonds. The minimum atomic E-state index is 0.205. The fourth-order valence-electron chi connectivity index (χ4n) is 0.183. The number of rotatable bonds is 2. The maximum atomic E-state index is 4.76. The Morgan fingerprint density at radius 2 is 2.14 bits per heavy atom. The van der Waals surface area contributed by atoms with Crippen molar-refractivity contribution >= 4 is 6.21 Å². The summed E-state index contributed by atoms with van der Waals surface area (Å²) < 4.78 is 0. The van der Waals surface area contributed by atoms with Gasteiger partial charge in [-0.15, -0.1) is 0 Å². The Morgan fingerprint density at radius 1 is 1.57 bits per heavy atom. The van der Waals surface area contributed by atoms with Gasteiger partial charge in [-0.2, -0.15) is 0 Å². The molecule has 7 heavy (non-hydrogen) atoms. The molecule has 0 atom stereocenters. The molecule has 0 spiro atoms. The minimum absolute atomic E-state index is 0.205. The molecule has 0 N–H and O–H groups in total. The summed E-state index contributed by atoms with van der Waals surface area (Å²) in [6.45, 7) is 5.70. The van der Waals surface area contributed by atoms with Gasteiger partial charge in [0.05, 0.1) is 0 Å². The summed E-state index contributed by atoms with van der Waals surface area (Å²) in [5.74, 6) is 0. The lowest BCUT2D eigenvalue weighted by Crippen LogP contribution is -1.94. The second kappa shape index (κ2) is 3.65. The lowest BCUT2D eigenvalue weighted by molar-refractivity contribution is 0.0871. The molecule has 0 saturated heterocycles. The van der Waals surface area contributed by atoms with Gasteiger partial charge in [-0.3, -0.25) is 0 Å². The standard InChI is InChI=1S/C5H11NO/c1-4-6-7-5(2)3/h4-5H,1-3H3. The van der Waals surface area contributed by atoms with Crippen molar-refractivity contribution in [2.45, 2.75) is 26.9 Å². The van der Waals surface area contributed by atoms with E-state index in [9.17, 15) is 0 Å². The molecule has 0 aliphatic carbocycles. The summed E-state index contributed by atoms with van der Waals surface area (Å²) in [4.78, 5) is 4.76. The number of hydrogen-bond acceptors (Lipinski definition) is 2. The van der Waals surface area contributed by atoms with E-state index in [0.29, 0.717) is 0 Å². The van der Waals surface area contributed by atoms with E-state index in [-0.39, 0.29) is 6.10 Å². The summed E-state index contributed by atoms with van der Waals surface area (Å²) in [7, 11) is 0. The highest BCUT2D eigenvalue weighted by Crippen LogP contribution is 1.84. The van der Waals surface area contributed by atoms with E-state index in [1.807, 2.05) is 20.8 Å². The Bertz CT molecular complexity index is 59.1. The van der Waals surface area contributed by atoms with Crippen LogP contribution in [0.4, 0.5) is 0 Å². The normalized spacial score (nSPS) is 10.9. The van der Waals surface area contributed by atoms with Crippen LogP contribution in [0, 0.1) is 0 Å². The fraction of sp³-hybridized carbons (Fsp3) is 0.800. The van der Waals surface area contributed by atoms with Crippen LogP contribution in [0.3, 0.4) is 0 Å². The fourth-order valence-corrected chi connectivity index (χ4v) is 0.183. The predicted molar refractivity (Wildman–Crippen MR) is 30.4 cm³/mol. The highest BCUT2D eigenvalue weighted by Gasteiger charge is 1.84. The molecule has 0 aromatic heterocycles. The molecule has 0 bridgehead atoms. The van der Waals surface area contributed by atoms with Crippen LogP contribution in [0.1, 0.15) is 20.8 Å². The van der Waals surface area contributed by atoms with E-state index in [2.05, 4.69) is 5.16 Å². The van der Waals surface area contributed by atoms with Crippen LogP contribution in [0.25, 0.3) is 0 Å². The number of hydrogen-bond donors (Lipinski definition) is 0. The molecule has 0 radical (unpaired) electrons. The van der Waals surface area contributed by atoms with Gasteiger partial charge in [-0.1, -0.05) is 5.16 Å². The van der Waals surface area contributed by atoms with Gasteiger partial charge < -0.3 is 4.84 Å². The molecule has 0 unspecified atom stereocenters. The molecular formula is C5H11NO. The maximum absolute atomic E-state index is 4.76. The van der Waals surface area contributed by atoms with Crippen molar-refractivity contribution < 1.29 is 4.84 Å². The largest absolute Gasteiger partial charge is 0.393 e. The Labute approximate surface area is 44.2 Å². The van der Waals surface area contributed by atoms with Crippen molar-refractivity contribution in [1.82, 2.24) is 0 Å². The molecule has 0 aromatic carbocycles. The summed E-state index contributed by atoms with van der Waals surface area (Å²) in [5, 5.41) is 3.55. The van der Waals surface area contributed by atoms with E-state index in [1.165, 1.54) is 0 Å². The second-order valence-corrected chi connectivity index (χ2v) is 1.52. The third-order valence-corrected chi connectivity index (χ3v) is 0.377. The molecular weight excluding hydrogens is 90.1 g/mol. The van der Waals surface area contributed by atoms with Crippen molar-refractivity contribution in [3.63, 3.8) is 0 Å². The van der Waals surface area contributed by atoms with Gasteiger partial charge >= 0.3 is 0 Å². The van der Waals surface area contributed by atoms with Gasteiger partial charge in [-0.25, -0.2) is 0 Å². The van der Waals surface area contributed by atoms with Crippen LogP contribution in [-0.2, 0) is 4.84 Å². The Kier molecular flexibility index (Phi) is 3.38. The van der Waals surface area contributed by atoms with Crippen molar-refractivity contribution in [2.75, 3.05) is 0 Å². The third kappa shape index (κ3) is 5.47. The Hall–Kier alpha value is -0.530. The van der Waals surface area contributed by atoms with Gasteiger partial charge in [0.2, 0.25) is 0 Å². The number of nitrogens with zero attached hydrogens (tertiary/aromatic N) is 1. The second-order valence-electron chi connectivity index (χ2n) is 1.52. The molecule has 0 aromatic rings. The monoisotopic (exact) mass is 101 g/mol. The summed E-state index contributed by atoms with van der Waals surface area (Å²) >= 11 is 0. The molecule has 0 aliphatic rings. The third-order valence-electron chi connectivity index (χ3n) is 0.377. The van der Waals surface area contributed by atoms with Gasteiger partial charge in [0.25, 0.3) is 0 Å². The van der Waals surface area contributed by atoms with Crippen LogP contribution < -0.4 is 0 Å². The summed E-state index contributed by atoms with van der Waals surface area (Å²) in [6, 6.07) is 0. The van der Waals surface area contributed by atoms with Crippen molar-refractivity contribution in [3.8, 4) is 0 Å². The zero-order valence-corrected chi connectivity index (χ0v) is 5.01. The van der Waals surface area contributed by atoms with Gasteiger partial charge in [-0.05, 0) is 20.8 Å². The topological polar surface area (TPSA) is 21.6 Å². The Morgan fingerprint density at radius 3 is 2.29 bits per heavy atom. The van der Waals surface area contributed by atoms with Gasteiger partial charge in [0.15, 0.2) is 0 Å². The first-order valence-corrected chi connectivity index (χ1v) is 2.41. The smallest absolute Gasteiger partial charge is 0.121 e. The average molecular weight is 101 g/mol. The molecule has 2 heteroatoms. The van der Waals surface area contributed by atoms with E-state index < -0.39 is 0 Å². The molecule has 42 valence electrons. The SMILES string of the molecule is CC=NOC(C)C. The lowest BCUT2D eigenvalue weighted by Gasteiger charge is -1.97. The van der Waals surface area contributed by atoms with E-state index >= 15 is 0 Å². The van der Waals surface area contributed by atoms with Crippen LogP contribution in [-0.4, -0.2) is 12.3 Å². The highest BCUT2D eigenvalue weighted by atomic mass is 16.6. The first-order valence-electron chi connectivity index (χ1n) is 2.41. The quantitative estimate of drug-likeness (QED) is 0.380. The maximum Gasteiger partial charge on any atom is 0.121 e. The van der Waals surface area contributed by atoms with Crippen LogP contribution in [0.15, 0.2) is 5.16 Å². The van der Waals surface area contributed by atoms with E-state index in [0.717, 1.165) is 0 Å². The van der Waals surface area contributed by atoms with Gasteiger partial charge in [0.1, 0.15) is 6.10 Å². The van der Waals surface area contributed by atoms with E-state index in [1.54, 1.807) is 6.21 Å².